The average molecular weight is 211 g/mol. The van der Waals surface area contributed by atoms with Crippen LogP contribution in [-0.2, 0) is 11.3 Å². The van der Waals surface area contributed by atoms with Gasteiger partial charge in [0.15, 0.2) is 0 Å². The Morgan fingerprint density at radius 3 is 3.14 bits per heavy atom. The highest BCUT2D eigenvalue weighted by molar-refractivity contribution is 7.07. The first-order chi connectivity index (χ1) is 6.77. The number of nitrogens with zero attached hydrogens (tertiary/aromatic N) is 5. The van der Waals surface area contributed by atoms with Gasteiger partial charge >= 0.3 is 5.97 Å². The van der Waals surface area contributed by atoms with Gasteiger partial charge in [0, 0.05) is 5.38 Å². The topological polar surface area (TPSA) is 93.8 Å². The summed E-state index contributed by atoms with van der Waals surface area (Å²) in [6.45, 7) is -0.264. The van der Waals surface area contributed by atoms with Crippen molar-refractivity contribution >= 4 is 17.3 Å². The van der Waals surface area contributed by atoms with Gasteiger partial charge in [0.2, 0.25) is 5.82 Å². The molecule has 8 heteroatoms. The third kappa shape index (κ3) is 1.59. The Labute approximate surface area is 82.0 Å². The number of thiazole rings is 1. The van der Waals surface area contributed by atoms with Crippen LogP contribution in [0.4, 0.5) is 0 Å². The minimum atomic E-state index is -0.992. The maximum Gasteiger partial charge on any atom is 0.325 e. The van der Waals surface area contributed by atoms with Gasteiger partial charge in [-0.3, -0.25) is 4.79 Å². The number of aliphatic carboxylic acids is 1. The summed E-state index contributed by atoms with van der Waals surface area (Å²) in [7, 11) is 0. The van der Waals surface area contributed by atoms with Gasteiger partial charge in [-0.25, -0.2) is 9.67 Å². The molecule has 0 aromatic carbocycles. The Hall–Kier alpha value is -1.83. The number of rotatable bonds is 3. The molecule has 0 radical (unpaired) electrons. The van der Waals surface area contributed by atoms with Gasteiger partial charge < -0.3 is 5.11 Å². The molecule has 0 aliphatic rings. The van der Waals surface area contributed by atoms with Crippen LogP contribution in [-0.4, -0.2) is 36.3 Å². The van der Waals surface area contributed by atoms with E-state index in [1.807, 2.05) is 0 Å². The van der Waals surface area contributed by atoms with E-state index in [1.54, 1.807) is 10.9 Å². The predicted octanol–water partition coefficient (Wildman–Crippen LogP) is -0.119. The first-order valence-corrected chi connectivity index (χ1v) is 4.58. The Morgan fingerprint density at radius 1 is 1.64 bits per heavy atom. The van der Waals surface area contributed by atoms with Crippen LogP contribution in [0, 0.1) is 0 Å². The van der Waals surface area contributed by atoms with Crippen molar-refractivity contribution < 1.29 is 9.90 Å². The number of hydrogen-bond acceptors (Lipinski definition) is 6. The lowest BCUT2D eigenvalue weighted by atomic mass is 10.4. The molecule has 2 aromatic heterocycles. The molecule has 2 aromatic rings. The van der Waals surface area contributed by atoms with E-state index in [1.165, 1.54) is 16.0 Å². The average Bonchev–Trinajstić information content (AvgIpc) is 2.70. The molecule has 2 rings (SSSR count). The van der Waals surface area contributed by atoms with Gasteiger partial charge in [-0.2, -0.15) is 0 Å². The summed E-state index contributed by atoms with van der Waals surface area (Å²) in [6, 6.07) is 0. The second-order valence-electron chi connectivity index (χ2n) is 2.43. The maximum atomic E-state index is 10.5. The molecule has 14 heavy (non-hydrogen) atoms. The van der Waals surface area contributed by atoms with Crippen molar-refractivity contribution in [1.82, 2.24) is 25.2 Å². The summed E-state index contributed by atoms with van der Waals surface area (Å²) in [5.41, 5.74) is 2.22. The predicted molar refractivity (Wildman–Crippen MR) is 46.6 cm³/mol. The summed E-state index contributed by atoms with van der Waals surface area (Å²) >= 11 is 1.40. The zero-order valence-electron chi connectivity index (χ0n) is 6.86. The Bertz CT molecular complexity index is 437. The molecule has 0 spiro atoms. The van der Waals surface area contributed by atoms with Crippen LogP contribution in [0.15, 0.2) is 10.9 Å². The summed E-state index contributed by atoms with van der Waals surface area (Å²) in [6.07, 6.45) is 0. The monoisotopic (exact) mass is 211 g/mol. The smallest absolute Gasteiger partial charge is 0.325 e. The first kappa shape index (κ1) is 8.75. The second-order valence-corrected chi connectivity index (χ2v) is 3.15. The van der Waals surface area contributed by atoms with E-state index in [0.29, 0.717) is 11.5 Å². The Balaban J connectivity index is 2.35. The minimum Gasteiger partial charge on any atom is -0.480 e. The molecule has 2 heterocycles. The quantitative estimate of drug-likeness (QED) is 0.760. The number of hydrogen-bond donors (Lipinski definition) is 1. The highest BCUT2D eigenvalue weighted by Crippen LogP contribution is 2.14. The van der Waals surface area contributed by atoms with Crippen molar-refractivity contribution in [3.8, 4) is 11.5 Å². The zero-order valence-corrected chi connectivity index (χ0v) is 7.68. The molecule has 7 nitrogen and oxygen atoms in total. The van der Waals surface area contributed by atoms with Crippen LogP contribution in [0.2, 0.25) is 0 Å². The highest BCUT2D eigenvalue weighted by atomic mass is 32.1. The highest BCUT2D eigenvalue weighted by Gasteiger charge is 2.12. The van der Waals surface area contributed by atoms with E-state index >= 15 is 0 Å². The zero-order chi connectivity index (χ0) is 9.97. The lowest BCUT2D eigenvalue weighted by Crippen LogP contribution is -2.11. The van der Waals surface area contributed by atoms with Gasteiger partial charge in [-0.15, -0.1) is 16.4 Å². The maximum absolute atomic E-state index is 10.5. The van der Waals surface area contributed by atoms with E-state index in [-0.39, 0.29) is 6.54 Å². The van der Waals surface area contributed by atoms with Crippen LogP contribution < -0.4 is 0 Å². The standard InChI is InChI=1S/C6H5N5O2S/c12-5(13)1-11-6(8-9-10-11)4-2-14-3-7-4/h2-3H,1H2,(H,12,13). The van der Waals surface area contributed by atoms with Crippen LogP contribution in [0.5, 0.6) is 0 Å². The third-order valence-corrected chi connectivity index (χ3v) is 2.06. The molecule has 0 amide bonds. The van der Waals surface area contributed by atoms with Gasteiger partial charge in [0.1, 0.15) is 12.2 Å². The largest absolute Gasteiger partial charge is 0.480 e. The molecule has 0 aliphatic carbocycles. The number of carboxylic acids is 1. The number of carboxylic acid groups (broad SMARTS) is 1. The third-order valence-electron chi connectivity index (χ3n) is 1.48. The summed E-state index contributed by atoms with van der Waals surface area (Å²) < 4.78 is 1.19. The first-order valence-electron chi connectivity index (χ1n) is 3.64. The summed E-state index contributed by atoms with van der Waals surface area (Å²) in [4.78, 5) is 14.4. The molecule has 0 fully saturated rings. The molecule has 0 unspecified atom stereocenters. The van der Waals surface area contributed by atoms with Crippen LogP contribution in [0.1, 0.15) is 0 Å². The molecular weight excluding hydrogens is 206 g/mol. The molecule has 72 valence electrons. The molecule has 0 atom stereocenters. The number of carbonyl (C=O) groups is 1. The minimum absolute atomic E-state index is 0.264. The Kier molecular flexibility index (Phi) is 2.19. The van der Waals surface area contributed by atoms with Crippen molar-refractivity contribution in [3.63, 3.8) is 0 Å². The summed E-state index contributed by atoms with van der Waals surface area (Å²) in [5.74, 6) is -0.623. The van der Waals surface area contributed by atoms with E-state index in [2.05, 4.69) is 20.5 Å². The fourth-order valence-corrected chi connectivity index (χ4v) is 1.48. The van der Waals surface area contributed by atoms with E-state index in [4.69, 9.17) is 5.11 Å². The molecule has 0 bridgehead atoms. The van der Waals surface area contributed by atoms with E-state index < -0.39 is 5.97 Å². The molecule has 0 aliphatic heterocycles. The van der Waals surface area contributed by atoms with E-state index in [0.717, 1.165) is 0 Å². The van der Waals surface area contributed by atoms with Crippen LogP contribution in [0.3, 0.4) is 0 Å². The molecule has 1 N–H and O–H groups in total. The lowest BCUT2D eigenvalue weighted by molar-refractivity contribution is -0.137. The van der Waals surface area contributed by atoms with Crippen molar-refractivity contribution in [2.45, 2.75) is 6.54 Å². The van der Waals surface area contributed by atoms with Gasteiger partial charge in [-0.1, -0.05) is 0 Å². The fourth-order valence-electron chi connectivity index (χ4n) is 0.946. The SMILES string of the molecule is O=C(O)Cn1nnnc1-c1cscn1. The number of tetrazole rings is 1. The van der Waals surface area contributed by atoms with Gasteiger partial charge in [0.25, 0.3) is 0 Å². The van der Waals surface area contributed by atoms with Crippen molar-refractivity contribution in [2.24, 2.45) is 0 Å². The Morgan fingerprint density at radius 2 is 2.50 bits per heavy atom. The second kappa shape index (κ2) is 3.50. The van der Waals surface area contributed by atoms with Crippen LogP contribution in [0.25, 0.3) is 11.5 Å². The van der Waals surface area contributed by atoms with Crippen molar-refractivity contribution in [1.29, 1.82) is 0 Å². The lowest BCUT2D eigenvalue weighted by Gasteiger charge is -1.96. The van der Waals surface area contributed by atoms with E-state index in [9.17, 15) is 4.79 Å². The summed E-state index contributed by atoms with van der Waals surface area (Å²) in [5, 5.41) is 21.0. The molecule has 0 saturated carbocycles. The molecular formula is C6H5N5O2S. The van der Waals surface area contributed by atoms with Gasteiger partial charge in [-0.05, 0) is 10.4 Å². The van der Waals surface area contributed by atoms with Crippen molar-refractivity contribution in [2.75, 3.05) is 0 Å². The van der Waals surface area contributed by atoms with Crippen LogP contribution >= 0.6 is 11.3 Å². The fraction of sp³-hybridized carbons (Fsp3) is 0.167. The number of aromatic nitrogens is 5. The normalized spacial score (nSPS) is 10.3. The molecule has 0 saturated heterocycles. The van der Waals surface area contributed by atoms with Gasteiger partial charge in [0.05, 0.1) is 5.51 Å². The van der Waals surface area contributed by atoms with Crippen molar-refractivity contribution in [3.05, 3.63) is 10.9 Å².